The fourth-order valence-corrected chi connectivity index (χ4v) is 7.05. The highest BCUT2D eigenvalue weighted by atomic mass is 16.7. The van der Waals surface area contributed by atoms with Crippen LogP contribution in [-0.4, -0.2) is 87.4 Å². The van der Waals surface area contributed by atoms with Crippen LogP contribution in [0.5, 0.6) is 0 Å². The standard InChI is InChI=1S/C55H97NO8/c1-6-8-10-12-14-16-18-20-22-24-25-26-27-28-30-31-33-35-37-39-41-43-45-52(57)62-49-51(50-63-55(54(59)60)61-48-47-56(3,4)5)64-53(58)46-44-42-40-38-36-34-32-29-23-21-19-17-15-13-11-9-7-2/h9,11,15,17,21,23,32,34,38,40,51,55H,6-8,10,12-14,16,18-20,22,24-31,33,35-37,39,41-50H2,1-5H3/p+1/b11-9-,17-15-,23-21-,34-32-,40-38-. The van der Waals surface area contributed by atoms with Crippen LogP contribution in [0.2, 0.25) is 0 Å². The highest BCUT2D eigenvalue weighted by Gasteiger charge is 2.25. The minimum absolute atomic E-state index is 0.176. The molecule has 0 aromatic rings. The van der Waals surface area contributed by atoms with Crippen molar-refractivity contribution >= 4 is 17.9 Å². The average molecular weight is 901 g/mol. The second-order valence-corrected chi connectivity index (χ2v) is 18.5. The number of carbonyl (C=O) groups excluding carboxylic acids is 2. The van der Waals surface area contributed by atoms with Crippen molar-refractivity contribution in [2.24, 2.45) is 0 Å². The first-order valence-corrected chi connectivity index (χ1v) is 26.0. The second-order valence-electron chi connectivity index (χ2n) is 18.5. The van der Waals surface area contributed by atoms with Crippen LogP contribution in [0.15, 0.2) is 60.8 Å². The SMILES string of the molecule is CC/C=C\C/C=C\C/C=C\C/C=C\C/C=C\CCCC(=O)OC(COC(=O)CCCCCCCCCCCCCCCCCCCCCCCC)COC(OCC[N+](C)(C)C)C(=O)O. The lowest BCUT2D eigenvalue weighted by atomic mass is 10.0. The first kappa shape index (κ1) is 61.0. The van der Waals surface area contributed by atoms with E-state index in [0.717, 1.165) is 57.8 Å². The topological polar surface area (TPSA) is 108 Å². The number of hydrogen-bond donors (Lipinski definition) is 1. The van der Waals surface area contributed by atoms with Crippen molar-refractivity contribution in [1.29, 1.82) is 0 Å². The van der Waals surface area contributed by atoms with Gasteiger partial charge < -0.3 is 28.5 Å². The molecule has 0 fully saturated rings. The molecule has 0 spiro atoms. The zero-order chi connectivity index (χ0) is 47.0. The van der Waals surface area contributed by atoms with Crippen molar-refractivity contribution in [1.82, 2.24) is 0 Å². The van der Waals surface area contributed by atoms with E-state index >= 15 is 0 Å². The van der Waals surface area contributed by atoms with Gasteiger partial charge in [0, 0.05) is 12.8 Å². The number of carbonyl (C=O) groups is 3. The number of carboxylic acids is 1. The molecule has 0 bridgehead atoms. The van der Waals surface area contributed by atoms with Gasteiger partial charge in [-0.1, -0.05) is 209 Å². The summed E-state index contributed by atoms with van der Waals surface area (Å²) in [6.45, 7) is 4.71. The first-order valence-electron chi connectivity index (χ1n) is 26.0. The Bertz CT molecular complexity index is 1230. The number of rotatable bonds is 47. The quantitative estimate of drug-likeness (QED) is 0.0211. The van der Waals surface area contributed by atoms with Gasteiger partial charge in [-0.05, 0) is 51.4 Å². The summed E-state index contributed by atoms with van der Waals surface area (Å²) < 4.78 is 22.7. The minimum Gasteiger partial charge on any atom is -0.477 e. The van der Waals surface area contributed by atoms with Crippen molar-refractivity contribution in [3.63, 3.8) is 0 Å². The number of ether oxygens (including phenoxy) is 4. The number of esters is 2. The highest BCUT2D eigenvalue weighted by molar-refractivity contribution is 5.71. The molecule has 2 atom stereocenters. The second kappa shape index (κ2) is 46.5. The smallest absolute Gasteiger partial charge is 0.361 e. The Kier molecular flexibility index (Phi) is 44.3. The predicted molar refractivity (Wildman–Crippen MR) is 267 cm³/mol. The van der Waals surface area contributed by atoms with E-state index in [1.807, 2.05) is 21.1 Å². The van der Waals surface area contributed by atoms with Crippen molar-refractivity contribution in [3.05, 3.63) is 60.8 Å². The normalized spacial score (nSPS) is 13.3. The maximum atomic E-state index is 12.8. The monoisotopic (exact) mass is 901 g/mol. The molecule has 0 aromatic heterocycles. The highest BCUT2D eigenvalue weighted by Crippen LogP contribution is 2.16. The van der Waals surface area contributed by atoms with Crippen molar-refractivity contribution in [2.45, 2.75) is 225 Å². The molecule has 0 aliphatic heterocycles. The number of allylic oxidation sites excluding steroid dienone is 10. The van der Waals surface area contributed by atoms with Crippen molar-refractivity contribution in [2.75, 3.05) is 47.5 Å². The van der Waals surface area contributed by atoms with E-state index in [-0.39, 0.29) is 32.2 Å². The Balaban J connectivity index is 4.36. The summed E-state index contributed by atoms with van der Waals surface area (Å²) in [5.41, 5.74) is 0. The van der Waals surface area contributed by atoms with Crippen LogP contribution in [0.25, 0.3) is 0 Å². The predicted octanol–water partition coefficient (Wildman–Crippen LogP) is 14.5. The fourth-order valence-electron chi connectivity index (χ4n) is 7.05. The molecule has 0 radical (unpaired) electrons. The molecule has 1 N–H and O–H groups in total. The lowest BCUT2D eigenvalue weighted by Gasteiger charge is -2.25. The van der Waals surface area contributed by atoms with Crippen LogP contribution in [0.4, 0.5) is 0 Å². The van der Waals surface area contributed by atoms with Gasteiger partial charge in [-0.25, -0.2) is 4.79 Å². The molecule has 370 valence electrons. The fraction of sp³-hybridized carbons (Fsp3) is 0.764. The van der Waals surface area contributed by atoms with E-state index in [2.05, 4.69) is 74.6 Å². The van der Waals surface area contributed by atoms with E-state index in [9.17, 15) is 19.5 Å². The Morgan fingerprint density at radius 3 is 1.31 bits per heavy atom. The average Bonchev–Trinajstić information content (AvgIpc) is 3.26. The van der Waals surface area contributed by atoms with Crippen molar-refractivity contribution < 1.29 is 42.9 Å². The molecule has 0 aliphatic rings. The summed E-state index contributed by atoms with van der Waals surface area (Å²) in [6, 6.07) is 0. The molecule has 0 saturated heterocycles. The molecular weight excluding hydrogens is 803 g/mol. The van der Waals surface area contributed by atoms with Crippen LogP contribution < -0.4 is 0 Å². The van der Waals surface area contributed by atoms with Gasteiger partial charge in [0.25, 0.3) is 6.29 Å². The lowest BCUT2D eigenvalue weighted by Crippen LogP contribution is -2.40. The maximum absolute atomic E-state index is 12.8. The van der Waals surface area contributed by atoms with Crippen LogP contribution >= 0.6 is 0 Å². The van der Waals surface area contributed by atoms with Gasteiger partial charge in [0.1, 0.15) is 13.2 Å². The minimum atomic E-state index is -1.53. The summed E-state index contributed by atoms with van der Waals surface area (Å²) in [5.74, 6) is -2.08. The van der Waals surface area contributed by atoms with Crippen LogP contribution in [0, 0.1) is 0 Å². The number of nitrogens with zero attached hydrogens (tertiary/aromatic N) is 1. The van der Waals surface area contributed by atoms with E-state index < -0.39 is 24.3 Å². The van der Waals surface area contributed by atoms with E-state index in [0.29, 0.717) is 23.9 Å². The molecule has 64 heavy (non-hydrogen) atoms. The summed E-state index contributed by atoms with van der Waals surface area (Å²) in [5, 5.41) is 9.66. The summed E-state index contributed by atoms with van der Waals surface area (Å²) in [6.07, 6.45) is 54.5. The number of carboxylic acid groups (broad SMARTS) is 1. The molecule has 0 saturated carbocycles. The first-order chi connectivity index (χ1) is 31.1. The molecular formula is C55H98NO8+. The van der Waals surface area contributed by atoms with E-state index in [1.165, 1.54) is 122 Å². The third-order valence-corrected chi connectivity index (χ3v) is 11.0. The number of likely N-dealkylation sites (N-methyl/N-ethyl adjacent to an activating group) is 1. The molecule has 0 rings (SSSR count). The number of hydrogen-bond acceptors (Lipinski definition) is 7. The van der Waals surface area contributed by atoms with Gasteiger partial charge in [0.15, 0.2) is 6.10 Å². The zero-order valence-corrected chi connectivity index (χ0v) is 41.9. The molecule has 0 aliphatic carbocycles. The molecule has 9 heteroatoms. The number of unbranched alkanes of at least 4 members (excludes halogenated alkanes) is 22. The molecule has 2 unspecified atom stereocenters. The Labute approximate surface area is 393 Å². The molecule has 0 heterocycles. The van der Waals surface area contributed by atoms with E-state index in [4.69, 9.17) is 18.9 Å². The summed E-state index contributed by atoms with van der Waals surface area (Å²) >= 11 is 0. The number of quaternary nitrogens is 1. The third-order valence-electron chi connectivity index (χ3n) is 11.0. The third kappa shape index (κ3) is 47.0. The van der Waals surface area contributed by atoms with Crippen LogP contribution in [0.3, 0.4) is 0 Å². The largest absolute Gasteiger partial charge is 0.477 e. The Morgan fingerprint density at radius 1 is 0.484 bits per heavy atom. The maximum Gasteiger partial charge on any atom is 0.361 e. The van der Waals surface area contributed by atoms with Crippen molar-refractivity contribution in [3.8, 4) is 0 Å². The van der Waals surface area contributed by atoms with Crippen LogP contribution in [-0.2, 0) is 33.3 Å². The Morgan fingerprint density at radius 2 is 0.891 bits per heavy atom. The molecule has 0 amide bonds. The molecule has 9 nitrogen and oxygen atoms in total. The lowest BCUT2D eigenvalue weighted by molar-refractivity contribution is -0.870. The zero-order valence-electron chi connectivity index (χ0n) is 41.9. The summed E-state index contributed by atoms with van der Waals surface area (Å²) in [7, 11) is 5.94. The van der Waals surface area contributed by atoms with Gasteiger partial charge in [-0.15, -0.1) is 0 Å². The van der Waals surface area contributed by atoms with Gasteiger partial charge in [0.2, 0.25) is 0 Å². The van der Waals surface area contributed by atoms with Crippen LogP contribution in [0.1, 0.15) is 213 Å². The van der Waals surface area contributed by atoms with E-state index in [1.54, 1.807) is 0 Å². The molecule has 0 aromatic carbocycles. The van der Waals surface area contributed by atoms with Gasteiger partial charge in [-0.2, -0.15) is 0 Å². The Hall–Kier alpha value is -3.01. The van der Waals surface area contributed by atoms with Gasteiger partial charge >= 0.3 is 17.9 Å². The van der Waals surface area contributed by atoms with Gasteiger partial charge in [-0.3, -0.25) is 9.59 Å². The number of aliphatic carboxylic acids is 1. The summed E-state index contributed by atoms with van der Waals surface area (Å²) in [4.78, 5) is 37.2. The van der Waals surface area contributed by atoms with Gasteiger partial charge in [0.05, 0.1) is 34.4 Å².